The third kappa shape index (κ3) is 8.61. The maximum atomic E-state index is 6.95. The molecule has 6 aliphatic carbocycles. The van der Waals surface area contributed by atoms with Crippen LogP contribution in [0.3, 0.4) is 0 Å². The van der Waals surface area contributed by atoms with Gasteiger partial charge in [-0.1, -0.05) is 337 Å². The first-order valence-electron chi connectivity index (χ1n) is 39.1. The summed E-state index contributed by atoms with van der Waals surface area (Å²) in [6.07, 6.45) is 0. The van der Waals surface area contributed by atoms with Gasteiger partial charge in [0.2, 0.25) is 0 Å². The Bertz CT molecular complexity index is 6850. The molecule has 0 radical (unpaired) electrons. The fraction of sp³-hybridized carbons (Fsp3) is 0.0943. The number of hydrogen-bond donors (Lipinski definition) is 0. The maximum Gasteiger partial charge on any atom is 0.495 e. The monoisotopic (exact) mass is 1530 g/mol. The number of hydrogen-bond acceptors (Lipinski definition) is 4. The molecule has 2 nitrogen and oxygen atoms in total. The molecule has 0 bridgehead atoms. The van der Waals surface area contributed by atoms with Crippen molar-refractivity contribution in [3.63, 3.8) is 0 Å². The van der Waals surface area contributed by atoms with Gasteiger partial charge in [-0.05, 0) is 220 Å². The molecule has 1 fully saturated rings. The highest BCUT2D eigenvalue weighted by atomic mass is 79.9. The molecule has 0 saturated carbocycles. The van der Waals surface area contributed by atoms with Gasteiger partial charge in [-0.15, -0.1) is 22.7 Å². The van der Waals surface area contributed by atoms with Gasteiger partial charge in [0.05, 0.1) is 32.9 Å². The number of fused-ring (bicyclic) bond motifs is 38. The molecule has 1 saturated heterocycles. The third-order valence-electron chi connectivity index (χ3n) is 26.5. The Balaban J connectivity index is 0.000000114. The minimum atomic E-state index is -0.572. The molecule has 530 valence electrons. The summed E-state index contributed by atoms with van der Waals surface area (Å²) >= 11 is 7.24. The average Bonchev–Trinajstić information content (AvgIpc) is 1.45. The third-order valence-corrected chi connectivity index (χ3v) is 29.3. The Kier molecular flexibility index (Phi) is 14.3. The Morgan fingerprint density at radius 2 is 0.509 bits per heavy atom. The first-order chi connectivity index (χ1) is 55.0. The van der Waals surface area contributed by atoms with Crippen molar-refractivity contribution in [3.8, 4) is 55.6 Å². The van der Waals surface area contributed by atoms with Crippen LogP contribution in [0, 0.1) is 0 Å². The van der Waals surface area contributed by atoms with Crippen LogP contribution in [0.15, 0.2) is 368 Å². The number of halogens is 1. The van der Waals surface area contributed by atoms with Crippen molar-refractivity contribution >= 4 is 91.5 Å². The number of rotatable bonds is 2. The standard InChI is InChI=1S/C50H30S.C44H35BO2.C12H7BrS/c1-6-20-39-33(14-1)34-15-2-7-21-40(34)49(39)43-24-10-11-25-44(43)50(41-22-8-3-16-35(41)36-17-4-9-23-42(36)50)48-32(19-13-26-45(48)49)31-28-29-47-38(30-31)37-18-5-12-27-46(37)51-47;1-41(2)42(3,4)47-45(46-41)39-27-15-26-38-40(39)44(34-22-11-7-18-30(34)31-19-8-12-23-35(31)44)37-25-14-13-24-36(37)43(38)32-20-9-5-16-28(32)29-17-6-10-21-33(29)43;13-8-5-6-12-10(7-8)9-3-1-2-4-11(9)14-12/h1-30H;5-27H,1-4H3;1-7H. The summed E-state index contributed by atoms with van der Waals surface area (Å²) in [5.41, 5.74) is 32.6. The second-order valence-electron chi connectivity index (χ2n) is 32.1. The van der Waals surface area contributed by atoms with Crippen molar-refractivity contribution in [2.24, 2.45) is 0 Å². The highest BCUT2D eigenvalue weighted by Gasteiger charge is 2.63. The zero-order valence-corrected chi connectivity index (χ0v) is 65.4. The average molecular weight is 1530 g/mol. The SMILES string of the molecule is Brc1ccc2sc3ccccc3c2c1.CC1(C)OB(c2cccc3c2C2(c4ccccc4-c4ccccc42)c2ccccc2C32c3ccccc3-c3ccccc32)OC1(C)C.c1ccc2c(c1)-c1ccccc1C21c2ccccc2C2(c3ccccc3-c3ccccc32)c2c(-c3ccc4sc5ccccc5c4c3)cccc21. The zero-order chi connectivity index (χ0) is 74.6. The Morgan fingerprint density at radius 3 is 0.911 bits per heavy atom. The van der Waals surface area contributed by atoms with E-state index in [1.54, 1.807) is 0 Å². The minimum Gasteiger partial charge on any atom is -0.399 e. The van der Waals surface area contributed by atoms with Crippen LogP contribution < -0.4 is 5.46 Å². The second-order valence-corrected chi connectivity index (χ2v) is 35.2. The lowest BCUT2D eigenvalue weighted by Crippen LogP contribution is -2.50. The highest BCUT2D eigenvalue weighted by Crippen LogP contribution is 2.71. The summed E-state index contributed by atoms with van der Waals surface area (Å²) in [5, 5.41) is 5.36. The summed E-state index contributed by atoms with van der Waals surface area (Å²) in [4.78, 5) is 0. The predicted octanol–water partition coefficient (Wildman–Crippen LogP) is 26.6. The van der Waals surface area contributed by atoms with Crippen molar-refractivity contribution in [1.82, 2.24) is 0 Å². The first kappa shape index (κ1) is 66.2. The van der Waals surface area contributed by atoms with E-state index < -0.39 is 40.0 Å². The first-order valence-corrected chi connectivity index (χ1v) is 41.5. The Hall–Kier alpha value is -11.6. The topological polar surface area (TPSA) is 18.5 Å². The van der Waals surface area contributed by atoms with Crippen molar-refractivity contribution in [2.45, 2.75) is 60.6 Å². The quantitative estimate of drug-likeness (QED) is 0.161. The second kappa shape index (κ2) is 24.2. The van der Waals surface area contributed by atoms with Crippen molar-refractivity contribution in [2.75, 3.05) is 0 Å². The summed E-state index contributed by atoms with van der Waals surface area (Å²) in [6, 6.07) is 137. The van der Waals surface area contributed by atoms with E-state index in [2.05, 4.69) is 408 Å². The molecule has 0 N–H and O–H groups in total. The normalized spacial score (nSPS) is 16.2. The molecular formula is C106H72BBrO2S2. The van der Waals surface area contributed by atoms with Gasteiger partial charge in [0.1, 0.15) is 0 Å². The summed E-state index contributed by atoms with van der Waals surface area (Å²) in [7, 11) is -0.527. The number of benzene rings is 16. The van der Waals surface area contributed by atoms with Gasteiger partial charge in [0, 0.05) is 44.8 Å². The van der Waals surface area contributed by atoms with Gasteiger partial charge in [-0.25, -0.2) is 0 Å². The van der Waals surface area contributed by atoms with E-state index >= 15 is 0 Å². The fourth-order valence-corrected chi connectivity index (χ4v) is 24.2. The van der Waals surface area contributed by atoms with Crippen LogP contribution in [0.5, 0.6) is 0 Å². The molecule has 3 heterocycles. The predicted molar refractivity (Wildman–Crippen MR) is 470 cm³/mol. The van der Waals surface area contributed by atoms with Crippen LogP contribution in [0.1, 0.15) is 117 Å². The van der Waals surface area contributed by atoms with Gasteiger partial charge in [-0.2, -0.15) is 0 Å². The molecular weight excluding hydrogens is 1460 g/mol. The Morgan fingerprint density at radius 1 is 0.232 bits per heavy atom. The largest absolute Gasteiger partial charge is 0.495 e. The van der Waals surface area contributed by atoms with E-state index in [1.165, 1.54) is 185 Å². The molecule has 25 rings (SSSR count). The van der Waals surface area contributed by atoms with E-state index in [1.807, 2.05) is 22.7 Å². The summed E-state index contributed by atoms with van der Waals surface area (Å²) < 4.78 is 20.4. The van der Waals surface area contributed by atoms with Gasteiger partial charge in [0.25, 0.3) is 0 Å². The lowest BCUT2D eigenvalue weighted by Gasteiger charge is -2.49. The van der Waals surface area contributed by atoms with Gasteiger partial charge in [-0.3, -0.25) is 0 Å². The minimum absolute atomic E-state index is 0.476. The van der Waals surface area contributed by atoms with Crippen molar-refractivity contribution in [3.05, 3.63) is 457 Å². The maximum absolute atomic E-state index is 6.95. The fourth-order valence-electron chi connectivity index (χ4n) is 21.6. The van der Waals surface area contributed by atoms with Crippen LogP contribution in [0.25, 0.3) is 96.0 Å². The molecule has 0 amide bonds. The zero-order valence-electron chi connectivity index (χ0n) is 62.2. The number of thiophene rings is 2. The smallest absolute Gasteiger partial charge is 0.399 e. The van der Waals surface area contributed by atoms with E-state index in [0.717, 1.165) is 9.94 Å². The van der Waals surface area contributed by atoms with E-state index in [4.69, 9.17) is 9.31 Å². The van der Waals surface area contributed by atoms with E-state index in [-0.39, 0.29) is 0 Å². The van der Waals surface area contributed by atoms with Gasteiger partial charge >= 0.3 is 7.12 Å². The highest BCUT2D eigenvalue weighted by molar-refractivity contribution is 9.10. The van der Waals surface area contributed by atoms with Gasteiger partial charge in [0.15, 0.2) is 0 Å². The molecule has 6 heteroatoms. The molecule has 4 spiro atoms. The van der Waals surface area contributed by atoms with Crippen molar-refractivity contribution in [1.29, 1.82) is 0 Å². The molecule has 7 aliphatic rings. The molecule has 2 aromatic heterocycles. The van der Waals surface area contributed by atoms with E-state index in [0.29, 0.717) is 0 Å². The lowest BCUT2D eigenvalue weighted by atomic mass is 9.49. The molecule has 16 aromatic carbocycles. The molecule has 18 aromatic rings. The molecule has 0 atom stereocenters. The van der Waals surface area contributed by atoms with Crippen LogP contribution in [-0.4, -0.2) is 18.3 Å². The van der Waals surface area contributed by atoms with Crippen LogP contribution in [0.4, 0.5) is 0 Å². The van der Waals surface area contributed by atoms with Crippen LogP contribution in [-0.2, 0) is 31.0 Å². The lowest BCUT2D eigenvalue weighted by molar-refractivity contribution is 0.00578. The van der Waals surface area contributed by atoms with Gasteiger partial charge < -0.3 is 9.31 Å². The molecule has 0 unspecified atom stereocenters. The summed E-state index contributed by atoms with van der Waals surface area (Å²) in [6.45, 7) is 8.61. The molecule has 1 aliphatic heterocycles. The van der Waals surface area contributed by atoms with Crippen molar-refractivity contribution < 1.29 is 9.31 Å². The van der Waals surface area contributed by atoms with Crippen LogP contribution >= 0.6 is 38.6 Å². The Labute approximate surface area is 669 Å². The van der Waals surface area contributed by atoms with E-state index in [9.17, 15) is 0 Å². The summed E-state index contributed by atoms with van der Waals surface area (Å²) in [5.74, 6) is 0. The molecule has 112 heavy (non-hydrogen) atoms. The van der Waals surface area contributed by atoms with Crippen LogP contribution in [0.2, 0.25) is 0 Å².